The monoisotopic (exact) mass is 291 g/mol. The van der Waals surface area contributed by atoms with Crippen LogP contribution in [0.4, 0.5) is 0 Å². The summed E-state index contributed by atoms with van der Waals surface area (Å²) in [6.45, 7) is 5.90. The van der Waals surface area contributed by atoms with E-state index in [1.807, 2.05) is 13.8 Å². The Labute approximate surface area is 118 Å². The smallest absolute Gasteiger partial charge is 0.232 e. The Morgan fingerprint density at radius 3 is 2.39 bits per heavy atom. The van der Waals surface area contributed by atoms with Crippen LogP contribution in [-0.4, -0.2) is 46.3 Å². The van der Waals surface area contributed by atoms with Crippen LogP contribution in [0.15, 0.2) is 0 Å². The second kappa shape index (κ2) is 9.44. The number of thiol groups is 1. The zero-order chi connectivity index (χ0) is 14.1. The van der Waals surface area contributed by atoms with Gasteiger partial charge in [0.15, 0.2) is 5.12 Å². The average Bonchev–Trinajstić information content (AvgIpc) is 2.30. The molecule has 18 heavy (non-hydrogen) atoms. The third-order valence-electron chi connectivity index (χ3n) is 2.36. The van der Waals surface area contributed by atoms with E-state index in [0.717, 1.165) is 18.0 Å². The summed E-state index contributed by atoms with van der Waals surface area (Å²) in [5.74, 6) is 0.751. The highest BCUT2D eigenvalue weighted by atomic mass is 32.2. The van der Waals surface area contributed by atoms with Gasteiger partial charge < -0.3 is 9.69 Å². The summed E-state index contributed by atoms with van der Waals surface area (Å²) >= 11 is 5.12. The molecule has 0 heterocycles. The van der Waals surface area contributed by atoms with E-state index in [0.29, 0.717) is 24.6 Å². The van der Waals surface area contributed by atoms with Gasteiger partial charge in [-0.05, 0) is 12.3 Å². The minimum atomic E-state index is -0.419. The molecule has 0 saturated heterocycles. The Morgan fingerprint density at radius 2 is 2.00 bits per heavy atom. The van der Waals surface area contributed by atoms with Crippen LogP contribution in [0.3, 0.4) is 0 Å². The molecule has 1 atom stereocenters. The number of rotatable bonds is 8. The number of hydrogen-bond acceptors (Lipinski definition) is 5. The molecule has 0 spiro atoms. The maximum Gasteiger partial charge on any atom is 0.232 e. The molecule has 0 aliphatic heterocycles. The topological polar surface area (TPSA) is 54.5 Å². The minimum Gasteiger partial charge on any atom is -0.331 e. The van der Waals surface area contributed by atoms with Gasteiger partial charge in [-0.1, -0.05) is 25.6 Å². The molecule has 0 rings (SSSR count). The van der Waals surface area contributed by atoms with Crippen molar-refractivity contribution in [1.82, 2.24) is 4.90 Å². The zero-order valence-corrected chi connectivity index (χ0v) is 12.8. The van der Waals surface area contributed by atoms with Gasteiger partial charge in [0.25, 0.3) is 0 Å². The maximum absolute atomic E-state index is 11.8. The van der Waals surface area contributed by atoms with Crippen LogP contribution >= 0.6 is 24.4 Å². The van der Waals surface area contributed by atoms with Gasteiger partial charge in [0.2, 0.25) is 5.91 Å². The van der Waals surface area contributed by atoms with Gasteiger partial charge in [0, 0.05) is 19.2 Å². The first-order valence-electron chi connectivity index (χ1n) is 5.91. The quantitative estimate of drug-likeness (QED) is 0.545. The first-order valence-corrected chi connectivity index (χ1v) is 7.53. The molecule has 0 aliphatic carbocycles. The molecule has 0 aromatic carbocycles. The summed E-state index contributed by atoms with van der Waals surface area (Å²) in [6, 6.07) is -0.419. The summed E-state index contributed by atoms with van der Waals surface area (Å²) < 4.78 is 0. The highest BCUT2D eigenvalue weighted by Crippen LogP contribution is 2.12. The summed E-state index contributed by atoms with van der Waals surface area (Å²) in [5, 5.41) is 0.0137. The second-order valence-electron chi connectivity index (χ2n) is 4.42. The highest BCUT2D eigenvalue weighted by Gasteiger charge is 2.22. The predicted octanol–water partition coefficient (Wildman–Crippen LogP) is 1.64. The van der Waals surface area contributed by atoms with E-state index in [2.05, 4.69) is 12.6 Å². The Hall–Kier alpha value is -0.490. The van der Waals surface area contributed by atoms with E-state index in [9.17, 15) is 14.4 Å². The molecule has 4 nitrogen and oxygen atoms in total. The molecule has 6 heteroatoms. The second-order valence-corrected chi connectivity index (χ2v) is 6.01. The first-order chi connectivity index (χ1) is 8.42. The van der Waals surface area contributed by atoms with E-state index in [4.69, 9.17) is 0 Å². The van der Waals surface area contributed by atoms with Gasteiger partial charge in [0.1, 0.15) is 6.29 Å². The lowest BCUT2D eigenvalue weighted by molar-refractivity contribution is -0.134. The molecule has 1 amide bonds. The maximum atomic E-state index is 11.8. The molecular weight excluding hydrogens is 270 g/mol. The lowest BCUT2D eigenvalue weighted by atomic mass is 10.0. The third kappa shape index (κ3) is 7.06. The van der Waals surface area contributed by atoms with Crippen molar-refractivity contribution in [3.8, 4) is 0 Å². The van der Waals surface area contributed by atoms with Crippen LogP contribution in [0.2, 0.25) is 0 Å². The molecule has 0 N–H and O–H groups in total. The number of amides is 1. The number of nitrogens with zero attached hydrogens (tertiary/aromatic N) is 1. The van der Waals surface area contributed by atoms with E-state index in [-0.39, 0.29) is 16.8 Å². The van der Waals surface area contributed by atoms with Crippen LogP contribution in [0.1, 0.15) is 27.2 Å². The van der Waals surface area contributed by atoms with Crippen molar-refractivity contribution >= 4 is 41.7 Å². The lowest BCUT2D eigenvalue weighted by Crippen LogP contribution is -2.44. The summed E-state index contributed by atoms with van der Waals surface area (Å²) in [4.78, 5) is 35.3. The van der Waals surface area contributed by atoms with Crippen LogP contribution < -0.4 is 0 Å². The zero-order valence-electron chi connectivity index (χ0n) is 11.1. The number of aldehydes is 1. The van der Waals surface area contributed by atoms with Crippen molar-refractivity contribution in [2.45, 2.75) is 33.2 Å². The van der Waals surface area contributed by atoms with E-state index in [1.165, 1.54) is 11.8 Å². The van der Waals surface area contributed by atoms with Gasteiger partial charge in [-0.15, -0.1) is 0 Å². The number of thioether (sulfide) groups is 1. The van der Waals surface area contributed by atoms with Gasteiger partial charge >= 0.3 is 0 Å². The molecule has 0 unspecified atom stereocenters. The molecule has 0 bridgehead atoms. The first kappa shape index (κ1) is 17.5. The predicted molar refractivity (Wildman–Crippen MR) is 78.0 cm³/mol. The third-order valence-corrected chi connectivity index (χ3v) is 3.43. The minimum absolute atomic E-state index is 0.0137. The summed E-state index contributed by atoms with van der Waals surface area (Å²) in [7, 11) is 0. The van der Waals surface area contributed by atoms with Crippen LogP contribution in [0.5, 0.6) is 0 Å². The molecule has 0 radical (unpaired) electrons. The molecule has 0 aromatic heterocycles. The van der Waals surface area contributed by atoms with Gasteiger partial charge in [-0.2, -0.15) is 12.6 Å². The van der Waals surface area contributed by atoms with Gasteiger partial charge in [0.05, 0.1) is 11.8 Å². The lowest BCUT2D eigenvalue weighted by Gasteiger charge is -2.28. The van der Waals surface area contributed by atoms with Gasteiger partial charge in [-0.3, -0.25) is 9.59 Å². The average molecular weight is 291 g/mol. The summed E-state index contributed by atoms with van der Waals surface area (Å²) in [6.07, 6.45) is 1.44. The van der Waals surface area contributed by atoms with Crippen molar-refractivity contribution < 1.29 is 14.4 Å². The fourth-order valence-electron chi connectivity index (χ4n) is 1.59. The van der Waals surface area contributed by atoms with Gasteiger partial charge in [-0.25, -0.2) is 0 Å². The SMILES string of the molecule is CC(=O)SCCN(C(=O)CS)[C@H](C=O)CC(C)C. The van der Waals surface area contributed by atoms with Crippen LogP contribution in [0.25, 0.3) is 0 Å². The van der Waals surface area contributed by atoms with Crippen molar-refractivity contribution in [1.29, 1.82) is 0 Å². The fraction of sp³-hybridized carbons (Fsp3) is 0.750. The van der Waals surface area contributed by atoms with E-state index >= 15 is 0 Å². The Morgan fingerprint density at radius 1 is 1.39 bits per heavy atom. The van der Waals surface area contributed by atoms with Crippen molar-refractivity contribution in [3.05, 3.63) is 0 Å². The van der Waals surface area contributed by atoms with Crippen LogP contribution in [-0.2, 0) is 14.4 Å². The van der Waals surface area contributed by atoms with Crippen molar-refractivity contribution in [2.75, 3.05) is 18.1 Å². The molecule has 0 saturated carbocycles. The molecule has 104 valence electrons. The highest BCUT2D eigenvalue weighted by molar-refractivity contribution is 8.13. The largest absolute Gasteiger partial charge is 0.331 e. The van der Waals surface area contributed by atoms with Crippen molar-refractivity contribution in [3.63, 3.8) is 0 Å². The van der Waals surface area contributed by atoms with E-state index in [1.54, 1.807) is 0 Å². The number of hydrogen-bond donors (Lipinski definition) is 1. The molecule has 0 aromatic rings. The number of carbonyl (C=O) groups excluding carboxylic acids is 3. The summed E-state index contributed by atoms with van der Waals surface area (Å²) in [5.41, 5.74) is 0. The van der Waals surface area contributed by atoms with Crippen LogP contribution in [0, 0.1) is 5.92 Å². The van der Waals surface area contributed by atoms with Crippen molar-refractivity contribution in [2.24, 2.45) is 5.92 Å². The standard InChI is InChI=1S/C12H21NO3S2/c1-9(2)6-11(7-14)13(12(16)8-17)4-5-18-10(3)15/h7,9,11,17H,4-6,8H2,1-3H3/t11-/m0/s1. The molecule has 0 fully saturated rings. The Bertz CT molecular complexity index is 295. The Balaban J connectivity index is 4.57. The molecular formula is C12H21NO3S2. The van der Waals surface area contributed by atoms with E-state index < -0.39 is 6.04 Å². The normalized spacial score (nSPS) is 12.3. The Kier molecular flexibility index (Phi) is 9.18. The fourth-order valence-corrected chi connectivity index (χ4v) is 2.35. The molecule has 0 aliphatic rings. The number of carbonyl (C=O) groups is 3.